The van der Waals surface area contributed by atoms with Crippen LogP contribution >= 0.6 is 0 Å². The zero-order valence-corrected chi connectivity index (χ0v) is 11.6. The molecule has 0 spiro atoms. The molecule has 1 aromatic rings. The van der Waals surface area contributed by atoms with Crippen LogP contribution in [-0.2, 0) is 16.2 Å². The molecule has 0 saturated heterocycles. The van der Waals surface area contributed by atoms with Gasteiger partial charge in [0, 0.05) is 30.1 Å². The molecule has 2 amide bonds. The normalized spacial score (nSPS) is 20.3. The average Bonchev–Trinajstić information content (AvgIpc) is 3.16. The van der Waals surface area contributed by atoms with Crippen molar-refractivity contribution >= 4 is 17.5 Å². The van der Waals surface area contributed by atoms with E-state index in [1.54, 1.807) is 24.3 Å². The Morgan fingerprint density at radius 2 is 2.05 bits per heavy atom. The molecule has 0 radical (unpaired) electrons. The van der Waals surface area contributed by atoms with Crippen LogP contribution in [-0.4, -0.2) is 23.5 Å². The fraction of sp³-hybridized carbons (Fsp3) is 0.467. The molecule has 1 aliphatic carbocycles. The Labute approximate surface area is 118 Å². The quantitative estimate of drug-likeness (QED) is 0.732. The number of hydrogen-bond donors (Lipinski definition) is 3. The molecular formula is C15H20N2O3. The number of para-hydroxylation sites is 1. The van der Waals surface area contributed by atoms with E-state index in [9.17, 15) is 9.59 Å². The van der Waals surface area contributed by atoms with Gasteiger partial charge in [-0.15, -0.1) is 0 Å². The van der Waals surface area contributed by atoms with Crippen molar-refractivity contribution in [2.75, 3.05) is 11.9 Å². The maximum atomic E-state index is 11.8. The monoisotopic (exact) mass is 276 g/mol. The number of amides is 2. The van der Waals surface area contributed by atoms with Gasteiger partial charge < -0.3 is 15.7 Å². The van der Waals surface area contributed by atoms with Gasteiger partial charge in [0.05, 0.1) is 6.61 Å². The number of carbonyl (C=O) groups excluding carboxylic acids is 2. The predicted molar refractivity (Wildman–Crippen MR) is 75.9 cm³/mol. The molecule has 2 rings (SSSR count). The van der Waals surface area contributed by atoms with Crippen LogP contribution in [0.5, 0.6) is 0 Å². The Kier molecular flexibility index (Phi) is 4.74. The molecule has 2 atom stereocenters. The van der Waals surface area contributed by atoms with Crippen LogP contribution in [0, 0.1) is 11.8 Å². The minimum atomic E-state index is -0.171. The number of aliphatic hydroxyl groups is 1. The molecule has 1 saturated carbocycles. The zero-order valence-electron chi connectivity index (χ0n) is 11.6. The molecule has 1 fully saturated rings. The summed E-state index contributed by atoms with van der Waals surface area (Å²) in [5.74, 6) is 0.476. The van der Waals surface area contributed by atoms with E-state index in [1.807, 2.05) is 6.92 Å². The highest BCUT2D eigenvalue weighted by molar-refractivity contribution is 5.92. The van der Waals surface area contributed by atoms with Gasteiger partial charge in [-0.3, -0.25) is 9.59 Å². The SMILES string of the molecule is CC1CC1C(=O)NCCC(=O)Nc1ccccc1CO. The van der Waals surface area contributed by atoms with Crippen molar-refractivity contribution in [3.05, 3.63) is 29.8 Å². The average molecular weight is 276 g/mol. The first-order chi connectivity index (χ1) is 9.61. The third kappa shape index (κ3) is 3.81. The summed E-state index contributed by atoms with van der Waals surface area (Å²) in [5.41, 5.74) is 1.29. The molecule has 3 N–H and O–H groups in total. The third-order valence-corrected chi connectivity index (χ3v) is 3.56. The van der Waals surface area contributed by atoms with Gasteiger partial charge in [0.15, 0.2) is 0 Å². The molecule has 0 heterocycles. The molecule has 1 aliphatic rings. The van der Waals surface area contributed by atoms with E-state index in [2.05, 4.69) is 10.6 Å². The predicted octanol–water partition coefficient (Wildman–Crippen LogP) is 1.28. The highest BCUT2D eigenvalue weighted by Gasteiger charge is 2.38. The van der Waals surface area contributed by atoms with Crippen molar-refractivity contribution in [2.24, 2.45) is 11.8 Å². The van der Waals surface area contributed by atoms with Crippen molar-refractivity contribution < 1.29 is 14.7 Å². The molecular weight excluding hydrogens is 256 g/mol. The van der Waals surface area contributed by atoms with Crippen LogP contribution in [0.25, 0.3) is 0 Å². The first-order valence-corrected chi connectivity index (χ1v) is 6.88. The van der Waals surface area contributed by atoms with Crippen LogP contribution in [0.15, 0.2) is 24.3 Å². The van der Waals surface area contributed by atoms with Gasteiger partial charge in [0.2, 0.25) is 11.8 Å². The van der Waals surface area contributed by atoms with Crippen molar-refractivity contribution in [3.63, 3.8) is 0 Å². The third-order valence-electron chi connectivity index (χ3n) is 3.56. The van der Waals surface area contributed by atoms with E-state index in [1.165, 1.54) is 0 Å². The molecule has 108 valence electrons. The lowest BCUT2D eigenvalue weighted by atomic mass is 10.2. The molecule has 0 bridgehead atoms. The first-order valence-electron chi connectivity index (χ1n) is 6.88. The molecule has 0 aromatic heterocycles. The first kappa shape index (κ1) is 14.5. The maximum absolute atomic E-state index is 11.8. The largest absolute Gasteiger partial charge is 0.392 e. The Morgan fingerprint density at radius 1 is 1.35 bits per heavy atom. The van der Waals surface area contributed by atoms with Crippen molar-refractivity contribution in [3.8, 4) is 0 Å². The summed E-state index contributed by atoms with van der Waals surface area (Å²) in [6, 6.07) is 7.10. The van der Waals surface area contributed by atoms with Crippen molar-refractivity contribution in [2.45, 2.75) is 26.4 Å². The number of hydrogen-bond acceptors (Lipinski definition) is 3. The topological polar surface area (TPSA) is 78.4 Å². The lowest BCUT2D eigenvalue weighted by Gasteiger charge is -2.09. The summed E-state index contributed by atoms with van der Waals surface area (Å²) in [5, 5.41) is 14.7. The molecule has 5 nitrogen and oxygen atoms in total. The van der Waals surface area contributed by atoms with Crippen molar-refractivity contribution in [1.82, 2.24) is 5.32 Å². The Morgan fingerprint density at radius 3 is 2.70 bits per heavy atom. The minimum absolute atomic E-state index is 0.0426. The van der Waals surface area contributed by atoms with Gasteiger partial charge in [0.25, 0.3) is 0 Å². The number of benzene rings is 1. The van der Waals surface area contributed by atoms with Gasteiger partial charge in [-0.2, -0.15) is 0 Å². The second-order valence-corrected chi connectivity index (χ2v) is 5.22. The number of rotatable bonds is 6. The molecule has 1 aromatic carbocycles. The fourth-order valence-corrected chi connectivity index (χ4v) is 2.11. The van der Waals surface area contributed by atoms with Gasteiger partial charge >= 0.3 is 0 Å². The maximum Gasteiger partial charge on any atom is 0.226 e. The van der Waals surface area contributed by atoms with Crippen LogP contribution in [0.3, 0.4) is 0 Å². The number of nitrogens with one attached hydrogen (secondary N) is 2. The lowest BCUT2D eigenvalue weighted by molar-refractivity contribution is -0.122. The van der Waals surface area contributed by atoms with E-state index in [4.69, 9.17) is 5.11 Å². The summed E-state index contributed by atoms with van der Waals surface area (Å²) in [6.45, 7) is 2.27. The molecule has 5 heteroatoms. The zero-order chi connectivity index (χ0) is 14.5. The van der Waals surface area contributed by atoms with Crippen LogP contribution in [0.4, 0.5) is 5.69 Å². The standard InChI is InChI=1S/C15H20N2O3/c1-10-8-12(10)15(20)16-7-6-14(19)17-13-5-3-2-4-11(13)9-18/h2-5,10,12,18H,6-9H2,1H3,(H,16,20)(H,17,19). The number of anilines is 1. The van der Waals surface area contributed by atoms with Crippen LogP contribution < -0.4 is 10.6 Å². The summed E-state index contributed by atoms with van der Waals surface area (Å²) < 4.78 is 0. The lowest BCUT2D eigenvalue weighted by Crippen LogP contribution is -2.29. The van der Waals surface area contributed by atoms with Gasteiger partial charge in [-0.1, -0.05) is 25.1 Å². The summed E-state index contributed by atoms with van der Waals surface area (Å²) >= 11 is 0. The van der Waals surface area contributed by atoms with E-state index in [-0.39, 0.29) is 30.8 Å². The van der Waals surface area contributed by atoms with E-state index in [0.29, 0.717) is 23.7 Å². The molecule has 0 aliphatic heterocycles. The van der Waals surface area contributed by atoms with Gasteiger partial charge in [-0.05, 0) is 18.4 Å². The highest BCUT2D eigenvalue weighted by atomic mass is 16.3. The Bertz CT molecular complexity index is 502. The van der Waals surface area contributed by atoms with Gasteiger partial charge in [0.1, 0.15) is 0 Å². The van der Waals surface area contributed by atoms with Crippen molar-refractivity contribution in [1.29, 1.82) is 0 Å². The Hall–Kier alpha value is -1.88. The Balaban J connectivity index is 1.74. The van der Waals surface area contributed by atoms with Crippen LogP contribution in [0.2, 0.25) is 0 Å². The van der Waals surface area contributed by atoms with Crippen LogP contribution in [0.1, 0.15) is 25.3 Å². The highest BCUT2D eigenvalue weighted by Crippen LogP contribution is 2.37. The van der Waals surface area contributed by atoms with E-state index in [0.717, 1.165) is 6.42 Å². The summed E-state index contributed by atoms with van der Waals surface area (Å²) in [7, 11) is 0. The second-order valence-electron chi connectivity index (χ2n) is 5.22. The van der Waals surface area contributed by atoms with E-state index < -0.39 is 0 Å². The molecule has 20 heavy (non-hydrogen) atoms. The summed E-state index contributed by atoms with van der Waals surface area (Å²) in [4.78, 5) is 23.3. The summed E-state index contributed by atoms with van der Waals surface area (Å²) in [6.07, 6.45) is 1.18. The minimum Gasteiger partial charge on any atom is -0.392 e. The molecule has 2 unspecified atom stereocenters. The fourth-order valence-electron chi connectivity index (χ4n) is 2.11. The number of aliphatic hydroxyl groups excluding tert-OH is 1. The second kappa shape index (κ2) is 6.52. The van der Waals surface area contributed by atoms with Gasteiger partial charge in [-0.25, -0.2) is 0 Å². The number of carbonyl (C=O) groups is 2. The smallest absolute Gasteiger partial charge is 0.226 e. The van der Waals surface area contributed by atoms with E-state index >= 15 is 0 Å².